The SMILES string of the molecule is CC(C)Oc1cc2c(cc1Nc1ncc(Cl)c(Nc3ccccc3S(=O)(=O)C(C)C)n1)C(=O)N(C1CCN(C(=O)O)CC1)C2. The van der Waals surface area contributed by atoms with Crippen LogP contribution in [0, 0.1) is 0 Å². The highest BCUT2D eigenvalue weighted by Gasteiger charge is 2.36. The Labute approximate surface area is 261 Å². The number of carboxylic acid groups (broad SMARTS) is 1. The van der Waals surface area contributed by atoms with Gasteiger partial charge in [-0.15, -0.1) is 0 Å². The number of carbonyl (C=O) groups excluding carboxylic acids is 1. The first-order valence-electron chi connectivity index (χ1n) is 14.4. The summed E-state index contributed by atoms with van der Waals surface area (Å²) < 4.78 is 32.0. The lowest BCUT2D eigenvalue weighted by Gasteiger charge is -2.35. The number of hydrogen-bond donors (Lipinski definition) is 3. The summed E-state index contributed by atoms with van der Waals surface area (Å²) in [7, 11) is -3.59. The van der Waals surface area contributed by atoms with Crippen molar-refractivity contribution in [3.05, 3.63) is 58.7 Å². The monoisotopic (exact) mass is 642 g/mol. The van der Waals surface area contributed by atoms with E-state index in [9.17, 15) is 23.1 Å². The molecule has 3 heterocycles. The zero-order valence-corrected chi connectivity index (χ0v) is 26.4. The number of para-hydroxylation sites is 1. The van der Waals surface area contributed by atoms with Gasteiger partial charge in [-0.25, -0.2) is 18.2 Å². The topological polar surface area (TPSA) is 154 Å². The van der Waals surface area contributed by atoms with Crippen molar-refractivity contribution in [2.24, 2.45) is 0 Å². The van der Waals surface area contributed by atoms with Crippen molar-refractivity contribution in [3.63, 3.8) is 0 Å². The average Bonchev–Trinajstić information content (AvgIpc) is 3.29. The molecule has 0 saturated carbocycles. The molecule has 0 atom stereocenters. The number of likely N-dealkylation sites (tertiary alicyclic amines) is 1. The minimum atomic E-state index is -3.59. The lowest BCUT2D eigenvalue weighted by atomic mass is 10.0. The average molecular weight is 643 g/mol. The summed E-state index contributed by atoms with van der Waals surface area (Å²) in [5.41, 5.74) is 2.14. The molecule has 2 aliphatic heterocycles. The molecule has 1 fully saturated rings. The summed E-state index contributed by atoms with van der Waals surface area (Å²) in [6.45, 7) is 8.20. The van der Waals surface area contributed by atoms with Crippen LogP contribution < -0.4 is 15.4 Å². The number of sulfone groups is 1. The van der Waals surface area contributed by atoms with Gasteiger partial charge in [0.05, 0.1) is 33.8 Å². The van der Waals surface area contributed by atoms with Gasteiger partial charge in [-0.3, -0.25) is 4.79 Å². The molecule has 44 heavy (non-hydrogen) atoms. The number of ether oxygens (including phenoxy) is 1. The maximum Gasteiger partial charge on any atom is 0.407 e. The fourth-order valence-electron chi connectivity index (χ4n) is 5.31. The van der Waals surface area contributed by atoms with E-state index in [4.69, 9.17) is 16.3 Å². The zero-order valence-electron chi connectivity index (χ0n) is 24.9. The molecule has 0 unspecified atom stereocenters. The van der Waals surface area contributed by atoms with Crippen molar-refractivity contribution >= 4 is 56.6 Å². The van der Waals surface area contributed by atoms with Crippen LogP contribution in [0.3, 0.4) is 0 Å². The highest BCUT2D eigenvalue weighted by Crippen LogP contribution is 2.38. The first kappa shape index (κ1) is 31.3. The normalized spacial score (nSPS) is 15.6. The zero-order chi connectivity index (χ0) is 31.8. The number of aromatic nitrogens is 2. The van der Waals surface area contributed by atoms with E-state index in [0.29, 0.717) is 55.2 Å². The Morgan fingerprint density at radius 2 is 1.80 bits per heavy atom. The molecule has 12 nitrogen and oxygen atoms in total. The molecule has 0 bridgehead atoms. The molecule has 3 aromatic rings. The predicted molar refractivity (Wildman–Crippen MR) is 167 cm³/mol. The number of fused-ring (bicyclic) bond motifs is 1. The van der Waals surface area contributed by atoms with Crippen molar-refractivity contribution in [2.75, 3.05) is 23.7 Å². The minimum absolute atomic E-state index is 0.0630. The van der Waals surface area contributed by atoms with E-state index in [1.54, 1.807) is 43.0 Å². The van der Waals surface area contributed by atoms with Crippen LogP contribution in [0.1, 0.15) is 56.5 Å². The van der Waals surface area contributed by atoms with Gasteiger partial charge in [0.15, 0.2) is 15.7 Å². The van der Waals surface area contributed by atoms with Crippen LogP contribution in [0.2, 0.25) is 5.02 Å². The third-order valence-electron chi connectivity index (χ3n) is 7.63. The first-order chi connectivity index (χ1) is 20.8. The molecule has 2 aromatic carbocycles. The van der Waals surface area contributed by atoms with Crippen LogP contribution in [-0.2, 0) is 16.4 Å². The second-order valence-corrected chi connectivity index (χ2v) is 14.2. The fraction of sp³-hybridized carbons (Fsp3) is 0.400. The van der Waals surface area contributed by atoms with Crippen LogP contribution >= 0.6 is 11.6 Å². The van der Waals surface area contributed by atoms with E-state index in [0.717, 1.165) is 5.56 Å². The number of carbonyl (C=O) groups is 2. The van der Waals surface area contributed by atoms with E-state index >= 15 is 0 Å². The lowest BCUT2D eigenvalue weighted by molar-refractivity contribution is 0.0597. The Hall–Kier alpha value is -4.10. The Kier molecular flexibility index (Phi) is 8.89. The van der Waals surface area contributed by atoms with Crippen LogP contribution in [0.15, 0.2) is 47.5 Å². The van der Waals surface area contributed by atoms with Gasteiger partial charge in [0.1, 0.15) is 10.8 Å². The summed E-state index contributed by atoms with van der Waals surface area (Å²) >= 11 is 6.42. The van der Waals surface area contributed by atoms with Crippen molar-refractivity contribution in [1.29, 1.82) is 0 Å². The van der Waals surface area contributed by atoms with Gasteiger partial charge in [0.2, 0.25) is 5.95 Å². The Balaban J connectivity index is 1.42. The number of rotatable bonds is 9. The maximum absolute atomic E-state index is 13.5. The van der Waals surface area contributed by atoms with E-state index in [1.165, 1.54) is 17.2 Å². The summed E-state index contributed by atoms with van der Waals surface area (Å²) in [4.78, 5) is 37.0. The van der Waals surface area contributed by atoms with Crippen LogP contribution in [-0.4, -0.2) is 75.8 Å². The first-order valence-corrected chi connectivity index (χ1v) is 16.3. The molecule has 14 heteroatoms. The molecule has 2 amide bonds. The number of hydrogen-bond acceptors (Lipinski definition) is 9. The Bertz CT molecular complexity index is 1690. The highest BCUT2D eigenvalue weighted by molar-refractivity contribution is 7.92. The fourth-order valence-corrected chi connectivity index (χ4v) is 6.65. The van der Waals surface area contributed by atoms with Gasteiger partial charge in [-0.1, -0.05) is 23.7 Å². The maximum atomic E-state index is 13.5. The van der Waals surface area contributed by atoms with Gasteiger partial charge in [-0.05, 0) is 70.4 Å². The van der Waals surface area contributed by atoms with Crippen LogP contribution in [0.4, 0.5) is 27.9 Å². The summed E-state index contributed by atoms with van der Waals surface area (Å²) in [5.74, 6) is 0.724. The third kappa shape index (κ3) is 6.39. The molecule has 1 saturated heterocycles. The molecule has 5 rings (SSSR count). The molecule has 1 aromatic heterocycles. The lowest BCUT2D eigenvalue weighted by Crippen LogP contribution is -2.46. The summed E-state index contributed by atoms with van der Waals surface area (Å²) in [6, 6.07) is 10.0. The number of nitrogens with zero attached hydrogens (tertiary/aromatic N) is 4. The van der Waals surface area contributed by atoms with Crippen LogP contribution in [0.5, 0.6) is 5.75 Å². The summed E-state index contributed by atoms with van der Waals surface area (Å²) in [6.07, 6.45) is 1.43. The number of piperidine rings is 1. The number of halogens is 1. The Morgan fingerprint density at radius 1 is 1.09 bits per heavy atom. The molecule has 0 aliphatic carbocycles. The van der Waals surface area contributed by atoms with E-state index < -0.39 is 21.2 Å². The number of anilines is 4. The van der Waals surface area contributed by atoms with Crippen LogP contribution in [0.25, 0.3) is 0 Å². The molecular formula is C30H35ClN6O6S. The molecule has 3 N–H and O–H groups in total. The van der Waals surface area contributed by atoms with Crippen molar-refractivity contribution in [1.82, 2.24) is 19.8 Å². The molecule has 234 valence electrons. The van der Waals surface area contributed by atoms with Gasteiger partial charge >= 0.3 is 6.09 Å². The predicted octanol–water partition coefficient (Wildman–Crippen LogP) is 5.68. The number of amides is 2. The van der Waals surface area contributed by atoms with Crippen molar-refractivity contribution < 1.29 is 27.9 Å². The van der Waals surface area contributed by atoms with Gasteiger partial charge < -0.3 is 30.3 Å². The second kappa shape index (κ2) is 12.5. The highest BCUT2D eigenvalue weighted by atomic mass is 35.5. The molecular weight excluding hydrogens is 608 g/mol. The van der Waals surface area contributed by atoms with Gasteiger partial charge in [0.25, 0.3) is 5.91 Å². The summed E-state index contributed by atoms with van der Waals surface area (Å²) in [5, 5.41) is 15.0. The minimum Gasteiger partial charge on any atom is -0.489 e. The van der Waals surface area contributed by atoms with Crippen molar-refractivity contribution in [3.8, 4) is 5.75 Å². The van der Waals surface area contributed by atoms with E-state index in [2.05, 4.69) is 20.6 Å². The van der Waals surface area contributed by atoms with E-state index in [-0.39, 0.29) is 39.7 Å². The number of nitrogens with one attached hydrogen (secondary N) is 2. The smallest absolute Gasteiger partial charge is 0.407 e. The van der Waals surface area contributed by atoms with Gasteiger partial charge in [0, 0.05) is 31.2 Å². The van der Waals surface area contributed by atoms with E-state index in [1.807, 2.05) is 19.9 Å². The molecule has 2 aliphatic rings. The molecule has 0 spiro atoms. The number of benzene rings is 2. The van der Waals surface area contributed by atoms with Gasteiger partial charge in [-0.2, -0.15) is 4.98 Å². The molecule has 0 radical (unpaired) electrons. The Morgan fingerprint density at radius 3 is 2.45 bits per heavy atom. The standard InChI is InChI=1S/C30H35ClN6O6S/c1-17(2)43-25-13-19-16-37(20-9-11-36(12-10-20)30(39)40)28(38)21(19)14-24(25)34-29-32-15-22(31)27(35-29)33-23-7-5-6-8-26(23)44(41,42)18(3)4/h5-8,13-15,17-18,20H,9-12,16H2,1-4H3,(H,39,40)(H2,32,33,34,35). The largest absolute Gasteiger partial charge is 0.489 e. The quantitative estimate of drug-likeness (QED) is 0.265. The second-order valence-electron chi connectivity index (χ2n) is 11.3. The van der Waals surface area contributed by atoms with Crippen molar-refractivity contribution in [2.45, 2.75) is 69.4 Å². The third-order valence-corrected chi connectivity index (χ3v) is 10.1.